The predicted octanol–water partition coefficient (Wildman–Crippen LogP) is 5.44. The van der Waals surface area contributed by atoms with Crippen molar-refractivity contribution in [2.75, 3.05) is 76.7 Å². The number of anilines is 1. The largest absolute Gasteiger partial charge is 0.612 e. The maximum atomic E-state index is 14.3. The number of benzene rings is 2. The number of pyridine rings is 1. The number of likely N-dealkylation sites (tertiary alicyclic amines) is 2. The molecular formula is C37H53N5O4S2. The highest BCUT2D eigenvalue weighted by molar-refractivity contribution is 7.91. The molecule has 2 aromatic carbocycles. The van der Waals surface area contributed by atoms with Gasteiger partial charge in [-0.3, -0.25) is 4.98 Å². The van der Waals surface area contributed by atoms with Gasteiger partial charge in [0.25, 0.3) is 0 Å². The standard InChI is InChI=1S/C37H53N5O4S2/c1-4-39(5-2)25-26-46-31-9-12-33(13-10-31)48(44,45)36-28-38-35-14-11-32(47(3)43)27-34(35)37(36)42-23-17-30(18-24-42)41-21-15-29(16-22-41)40-19-7-6-8-20-40/h9-14,27-30H,4-8,15-26H2,1-3H3. The van der Waals surface area contributed by atoms with Crippen molar-refractivity contribution in [3.05, 3.63) is 48.7 Å². The van der Waals surface area contributed by atoms with Crippen molar-refractivity contribution in [1.82, 2.24) is 19.7 Å². The van der Waals surface area contributed by atoms with Gasteiger partial charge in [-0.15, -0.1) is 0 Å². The van der Waals surface area contributed by atoms with Crippen molar-refractivity contribution in [2.24, 2.45) is 0 Å². The summed E-state index contributed by atoms with van der Waals surface area (Å²) in [7, 11) is -3.91. The van der Waals surface area contributed by atoms with E-state index in [1.165, 1.54) is 51.4 Å². The summed E-state index contributed by atoms with van der Waals surface area (Å²) in [6.45, 7) is 13.9. The minimum atomic E-state index is -3.91. The van der Waals surface area contributed by atoms with Gasteiger partial charge in [0, 0.05) is 49.4 Å². The summed E-state index contributed by atoms with van der Waals surface area (Å²) in [6.07, 6.45) is 11.7. The van der Waals surface area contributed by atoms with Crippen molar-refractivity contribution in [3.63, 3.8) is 0 Å². The van der Waals surface area contributed by atoms with Crippen LogP contribution >= 0.6 is 0 Å². The molecule has 0 spiro atoms. The summed E-state index contributed by atoms with van der Waals surface area (Å²) < 4.78 is 47.1. The van der Waals surface area contributed by atoms with E-state index in [-0.39, 0.29) is 9.79 Å². The van der Waals surface area contributed by atoms with Gasteiger partial charge in [-0.2, -0.15) is 0 Å². The Bertz CT molecular complexity index is 1590. The fourth-order valence-corrected chi connectivity index (χ4v) is 9.85. The zero-order chi connectivity index (χ0) is 33.7. The fraction of sp³-hybridized carbons (Fsp3) is 0.595. The number of sulfone groups is 1. The van der Waals surface area contributed by atoms with Crippen LogP contribution in [-0.4, -0.2) is 117 Å². The summed E-state index contributed by atoms with van der Waals surface area (Å²) in [4.78, 5) is 15.6. The molecule has 9 nitrogen and oxygen atoms in total. The van der Waals surface area contributed by atoms with E-state index in [4.69, 9.17) is 4.74 Å². The van der Waals surface area contributed by atoms with Gasteiger partial charge in [0.05, 0.1) is 16.1 Å². The molecule has 0 saturated carbocycles. The molecule has 0 bridgehead atoms. The first kappa shape index (κ1) is 35.4. The Kier molecular flexibility index (Phi) is 11.9. The van der Waals surface area contributed by atoms with E-state index in [2.05, 4.69) is 38.4 Å². The molecule has 4 heterocycles. The molecular weight excluding hydrogens is 643 g/mol. The van der Waals surface area contributed by atoms with Crippen LogP contribution in [0.4, 0.5) is 5.69 Å². The monoisotopic (exact) mass is 695 g/mol. The summed E-state index contributed by atoms with van der Waals surface area (Å²) in [6, 6.07) is 13.5. The second-order valence-electron chi connectivity index (χ2n) is 13.5. The van der Waals surface area contributed by atoms with Crippen LogP contribution in [-0.2, 0) is 21.0 Å². The number of ether oxygens (including phenoxy) is 1. The van der Waals surface area contributed by atoms with Crippen LogP contribution < -0.4 is 9.64 Å². The Balaban J connectivity index is 1.21. The van der Waals surface area contributed by atoms with Gasteiger partial charge in [-0.1, -0.05) is 20.3 Å². The average Bonchev–Trinajstić information content (AvgIpc) is 3.13. The van der Waals surface area contributed by atoms with Crippen LogP contribution in [0.15, 0.2) is 63.3 Å². The summed E-state index contributed by atoms with van der Waals surface area (Å²) in [5, 5.41) is 0.737. The van der Waals surface area contributed by atoms with E-state index in [1.54, 1.807) is 30.5 Å². The molecule has 3 aliphatic rings. The minimum Gasteiger partial charge on any atom is -0.612 e. The van der Waals surface area contributed by atoms with Crippen molar-refractivity contribution >= 4 is 37.6 Å². The summed E-state index contributed by atoms with van der Waals surface area (Å²) in [5.41, 5.74) is 1.38. The lowest BCUT2D eigenvalue weighted by Gasteiger charge is -2.45. The first-order valence-corrected chi connectivity index (χ1v) is 21.0. The summed E-state index contributed by atoms with van der Waals surface area (Å²) in [5.74, 6) is 0.648. The van der Waals surface area contributed by atoms with Gasteiger partial charge in [0.2, 0.25) is 9.84 Å². The molecule has 262 valence electrons. The zero-order valence-electron chi connectivity index (χ0n) is 29.0. The highest BCUT2D eigenvalue weighted by Crippen LogP contribution is 2.39. The molecule has 1 aromatic heterocycles. The number of fused-ring (bicyclic) bond motifs is 1. The molecule has 0 aliphatic carbocycles. The van der Waals surface area contributed by atoms with Gasteiger partial charge in [-0.05, 0) is 125 Å². The van der Waals surface area contributed by atoms with Gasteiger partial charge in [0.1, 0.15) is 23.5 Å². The molecule has 48 heavy (non-hydrogen) atoms. The molecule has 0 amide bonds. The Morgan fingerprint density at radius 2 is 1.50 bits per heavy atom. The molecule has 6 rings (SSSR count). The van der Waals surface area contributed by atoms with Crippen molar-refractivity contribution < 1.29 is 17.7 Å². The van der Waals surface area contributed by atoms with Crippen molar-refractivity contribution in [2.45, 2.75) is 85.6 Å². The van der Waals surface area contributed by atoms with Crippen LogP contribution in [0.2, 0.25) is 0 Å². The number of piperidine rings is 3. The third-order valence-electron chi connectivity index (χ3n) is 10.8. The molecule has 3 fully saturated rings. The molecule has 3 aliphatic heterocycles. The molecule has 1 atom stereocenters. The highest BCUT2D eigenvalue weighted by Gasteiger charge is 2.33. The van der Waals surface area contributed by atoms with E-state index < -0.39 is 21.0 Å². The molecule has 3 aromatic rings. The van der Waals surface area contributed by atoms with Crippen molar-refractivity contribution in [3.8, 4) is 5.75 Å². The Morgan fingerprint density at radius 3 is 2.12 bits per heavy atom. The molecule has 11 heteroatoms. The molecule has 3 saturated heterocycles. The maximum Gasteiger partial charge on any atom is 0.210 e. The van der Waals surface area contributed by atoms with Gasteiger partial charge in [-0.25, -0.2) is 8.42 Å². The van der Waals surface area contributed by atoms with Crippen LogP contribution in [0, 0.1) is 0 Å². The van der Waals surface area contributed by atoms with Crippen LogP contribution in [0.1, 0.15) is 58.8 Å². The second kappa shape index (κ2) is 16.1. The maximum absolute atomic E-state index is 14.3. The van der Waals surface area contributed by atoms with E-state index in [1.807, 2.05) is 18.2 Å². The number of nitrogens with zero attached hydrogens (tertiary/aromatic N) is 5. The third-order valence-corrected chi connectivity index (χ3v) is 13.5. The van der Waals surface area contributed by atoms with Gasteiger partial charge in [0.15, 0.2) is 4.90 Å². The normalized spacial score (nSPS) is 20.1. The van der Waals surface area contributed by atoms with Crippen molar-refractivity contribution in [1.29, 1.82) is 0 Å². The lowest BCUT2D eigenvalue weighted by Crippen LogP contribution is -2.52. The number of likely N-dealkylation sites (N-methyl/N-ethyl adjacent to an activating group) is 1. The van der Waals surface area contributed by atoms with E-state index in [9.17, 15) is 13.0 Å². The highest BCUT2D eigenvalue weighted by atomic mass is 32.2. The van der Waals surface area contributed by atoms with Gasteiger partial charge >= 0.3 is 0 Å². The Labute approximate surface area is 290 Å². The van der Waals surface area contributed by atoms with E-state index in [0.717, 1.165) is 70.1 Å². The first-order chi connectivity index (χ1) is 23.3. The first-order valence-electron chi connectivity index (χ1n) is 18.0. The van der Waals surface area contributed by atoms with Crippen LogP contribution in [0.5, 0.6) is 5.75 Å². The predicted molar refractivity (Wildman–Crippen MR) is 195 cm³/mol. The fourth-order valence-electron chi connectivity index (χ4n) is 7.87. The lowest BCUT2D eigenvalue weighted by molar-refractivity contribution is 0.0654. The number of hydrogen-bond acceptors (Lipinski definition) is 9. The Hall–Kier alpha value is -2.41. The quantitative estimate of drug-likeness (QED) is 0.230. The summed E-state index contributed by atoms with van der Waals surface area (Å²) >= 11 is -1.21. The van der Waals surface area contributed by atoms with E-state index in [0.29, 0.717) is 34.5 Å². The topological polar surface area (TPSA) is 92.3 Å². The number of hydrogen-bond donors (Lipinski definition) is 0. The minimum absolute atomic E-state index is 0.199. The zero-order valence-corrected chi connectivity index (χ0v) is 30.6. The number of rotatable bonds is 12. The van der Waals surface area contributed by atoms with Gasteiger partial charge < -0.3 is 28.9 Å². The third kappa shape index (κ3) is 7.97. The van der Waals surface area contributed by atoms with E-state index >= 15 is 0 Å². The Morgan fingerprint density at radius 1 is 0.875 bits per heavy atom. The lowest BCUT2D eigenvalue weighted by atomic mass is 9.95. The molecule has 0 radical (unpaired) electrons. The smallest absolute Gasteiger partial charge is 0.210 e. The molecule has 1 unspecified atom stereocenters. The van der Waals surface area contributed by atoms with Crippen LogP contribution in [0.25, 0.3) is 10.9 Å². The second-order valence-corrected chi connectivity index (χ2v) is 16.8. The van der Waals surface area contributed by atoms with Crippen LogP contribution in [0.3, 0.4) is 0 Å². The number of aromatic nitrogens is 1. The SMILES string of the molecule is CCN(CC)CCOc1ccc(S(=O)(=O)c2cnc3ccc([S+](C)[O-])cc3c2N2CCC(N3CCC(N4CCCCC4)CC3)CC2)cc1. The molecule has 0 N–H and O–H groups in total. The average molecular weight is 696 g/mol.